The lowest BCUT2D eigenvalue weighted by Gasteiger charge is -2.19. The fourth-order valence-electron chi connectivity index (χ4n) is 1.56. The molecule has 1 aromatic carbocycles. The number of amides is 1. The molecular formula is C14H22N2O2S. The molecule has 1 rings (SSSR count). The van der Waals surface area contributed by atoms with Gasteiger partial charge in [0.2, 0.25) is 5.91 Å². The Labute approximate surface area is 117 Å². The van der Waals surface area contributed by atoms with Crippen molar-refractivity contribution < 1.29 is 9.00 Å². The van der Waals surface area contributed by atoms with E-state index in [1.165, 1.54) is 0 Å². The first kappa shape index (κ1) is 15.7. The molecule has 3 N–H and O–H groups in total. The molecule has 1 amide bonds. The third-order valence-electron chi connectivity index (χ3n) is 3.18. The van der Waals surface area contributed by atoms with Gasteiger partial charge in [0.05, 0.1) is 0 Å². The molecule has 0 saturated carbocycles. The third kappa shape index (κ3) is 4.35. The van der Waals surface area contributed by atoms with Gasteiger partial charge in [-0.15, -0.1) is 0 Å². The van der Waals surface area contributed by atoms with Crippen molar-refractivity contribution in [2.24, 2.45) is 5.92 Å². The first-order valence-corrected chi connectivity index (χ1v) is 7.66. The maximum Gasteiger partial charge on any atom is 0.239 e. The SMILES string of the molecule is CC(C)C(C)S(=O)C(C)C(=O)Nc1cccc(N)c1. The van der Waals surface area contributed by atoms with Crippen molar-refractivity contribution in [2.45, 2.75) is 38.2 Å². The van der Waals surface area contributed by atoms with E-state index in [-0.39, 0.29) is 17.1 Å². The lowest BCUT2D eigenvalue weighted by molar-refractivity contribution is -0.115. The van der Waals surface area contributed by atoms with Crippen LogP contribution >= 0.6 is 0 Å². The van der Waals surface area contributed by atoms with Crippen LogP contribution in [0.5, 0.6) is 0 Å². The summed E-state index contributed by atoms with van der Waals surface area (Å²) in [7, 11) is -1.19. The van der Waals surface area contributed by atoms with Gasteiger partial charge in [-0.1, -0.05) is 26.8 Å². The molecule has 0 bridgehead atoms. The number of hydrogen-bond donors (Lipinski definition) is 2. The molecule has 106 valence electrons. The van der Waals surface area contributed by atoms with Gasteiger partial charge in [-0.3, -0.25) is 9.00 Å². The van der Waals surface area contributed by atoms with E-state index in [9.17, 15) is 9.00 Å². The molecule has 0 aliphatic carbocycles. The van der Waals surface area contributed by atoms with E-state index in [4.69, 9.17) is 5.73 Å². The van der Waals surface area contributed by atoms with Crippen LogP contribution in [0.1, 0.15) is 27.7 Å². The van der Waals surface area contributed by atoms with Gasteiger partial charge in [0.15, 0.2) is 0 Å². The number of rotatable bonds is 5. The van der Waals surface area contributed by atoms with Crippen LogP contribution in [-0.2, 0) is 15.6 Å². The highest BCUT2D eigenvalue weighted by Crippen LogP contribution is 2.16. The summed E-state index contributed by atoms with van der Waals surface area (Å²) in [6, 6.07) is 6.95. The summed E-state index contributed by atoms with van der Waals surface area (Å²) in [5.74, 6) is 0.0416. The van der Waals surface area contributed by atoms with Crippen molar-refractivity contribution in [1.82, 2.24) is 0 Å². The molecular weight excluding hydrogens is 260 g/mol. The van der Waals surface area contributed by atoms with Crippen LogP contribution < -0.4 is 11.1 Å². The van der Waals surface area contributed by atoms with Gasteiger partial charge in [-0.2, -0.15) is 0 Å². The summed E-state index contributed by atoms with van der Waals surface area (Å²) < 4.78 is 12.2. The van der Waals surface area contributed by atoms with Gasteiger partial charge in [0, 0.05) is 27.4 Å². The second-order valence-corrected chi connectivity index (χ2v) is 7.14. The van der Waals surface area contributed by atoms with Gasteiger partial charge < -0.3 is 11.1 Å². The second kappa shape index (κ2) is 6.70. The smallest absolute Gasteiger partial charge is 0.239 e. The second-order valence-electron chi connectivity index (χ2n) is 5.03. The van der Waals surface area contributed by atoms with E-state index < -0.39 is 16.0 Å². The van der Waals surface area contributed by atoms with Crippen LogP contribution in [0.4, 0.5) is 11.4 Å². The van der Waals surface area contributed by atoms with E-state index in [0.29, 0.717) is 11.4 Å². The Kier molecular flexibility index (Phi) is 5.54. The van der Waals surface area contributed by atoms with Crippen LogP contribution in [-0.4, -0.2) is 20.6 Å². The minimum Gasteiger partial charge on any atom is -0.399 e. The Hall–Kier alpha value is -1.36. The topological polar surface area (TPSA) is 72.2 Å². The largest absolute Gasteiger partial charge is 0.399 e. The van der Waals surface area contributed by atoms with E-state index >= 15 is 0 Å². The maximum absolute atomic E-state index is 12.2. The number of carbonyl (C=O) groups is 1. The molecule has 0 aliphatic heterocycles. The first-order chi connectivity index (χ1) is 8.82. The molecule has 0 spiro atoms. The predicted octanol–water partition coefficient (Wildman–Crippen LogP) is 2.39. The van der Waals surface area contributed by atoms with E-state index in [1.807, 2.05) is 20.8 Å². The standard InChI is InChI=1S/C14H22N2O2S/c1-9(2)10(3)19(18)11(4)14(17)16-13-7-5-6-12(15)8-13/h5-11H,15H2,1-4H3,(H,16,17). The monoisotopic (exact) mass is 282 g/mol. The molecule has 0 aliphatic rings. The third-order valence-corrected chi connectivity index (χ3v) is 5.37. The molecule has 3 unspecified atom stereocenters. The van der Waals surface area contributed by atoms with Crippen molar-refractivity contribution in [3.63, 3.8) is 0 Å². The van der Waals surface area contributed by atoms with Crippen molar-refractivity contribution in [1.29, 1.82) is 0 Å². The molecule has 4 nitrogen and oxygen atoms in total. The number of nitrogen functional groups attached to an aromatic ring is 1. The van der Waals surface area contributed by atoms with Gasteiger partial charge in [-0.25, -0.2) is 0 Å². The van der Waals surface area contributed by atoms with Crippen molar-refractivity contribution in [2.75, 3.05) is 11.1 Å². The Morgan fingerprint density at radius 1 is 1.26 bits per heavy atom. The van der Waals surface area contributed by atoms with Crippen LogP contribution in [0.2, 0.25) is 0 Å². The Bertz CT molecular complexity index is 474. The zero-order valence-corrected chi connectivity index (χ0v) is 12.7. The zero-order valence-electron chi connectivity index (χ0n) is 11.8. The normalized spacial score (nSPS) is 15.8. The molecule has 0 fully saturated rings. The van der Waals surface area contributed by atoms with Gasteiger partial charge in [0.25, 0.3) is 0 Å². The van der Waals surface area contributed by atoms with Gasteiger partial charge in [-0.05, 0) is 31.0 Å². The number of carbonyl (C=O) groups excluding carboxylic acids is 1. The Morgan fingerprint density at radius 3 is 2.42 bits per heavy atom. The quantitative estimate of drug-likeness (QED) is 0.814. The minimum absolute atomic E-state index is 0.0124. The fourth-order valence-corrected chi connectivity index (χ4v) is 3.01. The summed E-state index contributed by atoms with van der Waals surface area (Å²) in [6.07, 6.45) is 0. The lowest BCUT2D eigenvalue weighted by atomic mass is 10.2. The van der Waals surface area contributed by atoms with E-state index in [0.717, 1.165) is 0 Å². The van der Waals surface area contributed by atoms with Crippen molar-refractivity contribution >= 4 is 28.1 Å². The number of benzene rings is 1. The molecule has 1 aromatic rings. The summed E-state index contributed by atoms with van der Waals surface area (Å²) in [4.78, 5) is 12.0. The highest BCUT2D eigenvalue weighted by Gasteiger charge is 2.26. The van der Waals surface area contributed by atoms with Crippen molar-refractivity contribution in [3.8, 4) is 0 Å². The van der Waals surface area contributed by atoms with Crippen LogP contribution in [0.15, 0.2) is 24.3 Å². The Morgan fingerprint density at radius 2 is 1.89 bits per heavy atom. The predicted molar refractivity (Wildman–Crippen MR) is 81.4 cm³/mol. The molecule has 0 heterocycles. The van der Waals surface area contributed by atoms with E-state index in [2.05, 4.69) is 5.32 Å². The molecule has 19 heavy (non-hydrogen) atoms. The van der Waals surface area contributed by atoms with Crippen LogP contribution in [0.3, 0.4) is 0 Å². The maximum atomic E-state index is 12.2. The summed E-state index contributed by atoms with van der Waals surface area (Å²) in [6.45, 7) is 7.61. The Balaban J connectivity index is 2.70. The molecule has 0 radical (unpaired) electrons. The first-order valence-electron chi connectivity index (χ1n) is 6.38. The lowest BCUT2D eigenvalue weighted by Crippen LogP contribution is -2.35. The van der Waals surface area contributed by atoms with Gasteiger partial charge in [0.1, 0.15) is 5.25 Å². The average molecular weight is 282 g/mol. The zero-order chi connectivity index (χ0) is 14.6. The molecule has 0 aromatic heterocycles. The van der Waals surface area contributed by atoms with E-state index in [1.54, 1.807) is 31.2 Å². The number of anilines is 2. The molecule has 0 saturated heterocycles. The minimum atomic E-state index is -1.19. The number of hydrogen-bond acceptors (Lipinski definition) is 3. The molecule has 3 atom stereocenters. The average Bonchev–Trinajstić information content (AvgIpc) is 2.35. The fraction of sp³-hybridized carbons (Fsp3) is 0.500. The summed E-state index contributed by atoms with van der Waals surface area (Å²) >= 11 is 0. The highest BCUT2D eigenvalue weighted by atomic mass is 32.2. The highest BCUT2D eigenvalue weighted by molar-refractivity contribution is 7.87. The molecule has 5 heteroatoms. The van der Waals surface area contributed by atoms with Crippen LogP contribution in [0.25, 0.3) is 0 Å². The summed E-state index contributed by atoms with van der Waals surface area (Å²) in [5, 5.41) is 2.19. The number of nitrogens with two attached hydrogens (primary N) is 1. The van der Waals surface area contributed by atoms with Gasteiger partial charge >= 0.3 is 0 Å². The van der Waals surface area contributed by atoms with Crippen LogP contribution in [0, 0.1) is 5.92 Å². The number of nitrogens with one attached hydrogen (secondary N) is 1. The van der Waals surface area contributed by atoms with Crippen molar-refractivity contribution in [3.05, 3.63) is 24.3 Å². The summed E-state index contributed by atoms with van der Waals surface area (Å²) in [5.41, 5.74) is 6.86.